The van der Waals surface area contributed by atoms with Crippen LogP contribution in [0.4, 0.5) is 4.39 Å². The van der Waals surface area contributed by atoms with Gasteiger partial charge in [-0.3, -0.25) is 4.79 Å². The Kier molecular flexibility index (Phi) is 8.71. The molecule has 4 rings (SSSR count). The van der Waals surface area contributed by atoms with Crippen molar-refractivity contribution in [3.8, 4) is 5.75 Å². The van der Waals surface area contributed by atoms with Crippen LogP contribution in [0.5, 0.6) is 5.75 Å². The number of nitrogens with one attached hydrogen (secondary N) is 1. The predicted octanol–water partition coefficient (Wildman–Crippen LogP) is 6.52. The van der Waals surface area contributed by atoms with E-state index in [9.17, 15) is 9.18 Å². The first-order valence-corrected chi connectivity index (χ1v) is 12.7. The smallest absolute Gasteiger partial charge is 0.251 e. The van der Waals surface area contributed by atoms with Crippen molar-refractivity contribution in [1.29, 1.82) is 0 Å². The molecule has 188 valence electrons. The summed E-state index contributed by atoms with van der Waals surface area (Å²) in [6.07, 6.45) is 3.46. The van der Waals surface area contributed by atoms with Crippen LogP contribution >= 0.6 is 0 Å². The fourth-order valence-electron chi connectivity index (χ4n) is 4.36. The second-order valence-corrected chi connectivity index (χ2v) is 9.28. The quantitative estimate of drug-likeness (QED) is 0.232. The first-order chi connectivity index (χ1) is 17.5. The number of imidazole rings is 1. The zero-order valence-electron chi connectivity index (χ0n) is 21.0. The van der Waals surface area contributed by atoms with E-state index < -0.39 is 0 Å². The predicted molar refractivity (Wildman–Crippen MR) is 142 cm³/mol. The Morgan fingerprint density at radius 2 is 1.72 bits per heavy atom. The molecule has 0 aliphatic rings. The maximum atomic E-state index is 13.1. The average Bonchev–Trinajstić information content (AvgIpc) is 3.24. The summed E-state index contributed by atoms with van der Waals surface area (Å²) >= 11 is 0. The lowest BCUT2D eigenvalue weighted by molar-refractivity contribution is 0.0953. The molecule has 3 aromatic carbocycles. The van der Waals surface area contributed by atoms with Gasteiger partial charge in [0.05, 0.1) is 17.6 Å². The minimum atomic E-state index is -0.350. The third-order valence-electron chi connectivity index (χ3n) is 6.28. The second kappa shape index (κ2) is 12.3. The fraction of sp³-hybridized carbons (Fsp3) is 0.333. The van der Waals surface area contributed by atoms with Gasteiger partial charge in [-0.15, -0.1) is 0 Å². The van der Waals surface area contributed by atoms with Gasteiger partial charge in [0.25, 0.3) is 5.91 Å². The topological polar surface area (TPSA) is 56.1 Å². The van der Waals surface area contributed by atoms with E-state index in [4.69, 9.17) is 9.72 Å². The van der Waals surface area contributed by atoms with Crippen LogP contribution in [-0.4, -0.2) is 28.6 Å². The van der Waals surface area contributed by atoms with Crippen molar-refractivity contribution in [2.75, 3.05) is 13.2 Å². The zero-order chi connectivity index (χ0) is 25.3. The molecule has 4 aromatic rings. The van der Waals surface area contributed by atoms with Gasteiger partial charge in [-0.05, 0) is 73.2 Å². The van der Waals surface area contributed by atoms with E-state index in [1.807, 2.05) is 30.3 Å². The summed E-state index contributed by atoms with van der Waals surface area (Å²) in [7, 11) is 0. The number of para-hydroxylation sites is 3. The molecule has 0 aliphatic heterocycles. The maximum absolute atomic E-state index is 13.1. The van der Waals surface area contributed by atoms with Crippen molar-refractivity contribution in [2.45, 2.75) is 52.0 Å². The van der Waals surface area contributed by atoms with Gasteiger partial charge in [-0.25, -0.2) is 9.37 Å². The fourth-order valence-corrected chi connectivity index (χ4v) is 4.36. The first-order valence-electron chi connectivity index (χ1n) is 12.7. The Bertz CT molecular complexity index is 1280. The number of halogens is 1. The van der Waals surface area contributed by atoms with Gasteiger partial charge in [-0.1, -0.05) is 44.2 Å². The molecule has 1 aromatic heterocycles. The van der Waals surface area contributed by atoms with Crippen LogP contribution < -0.4 is 10.1 Å². The van der Waals surface area contributed by atoms with Gasteiger partial charge >= 0.3 is 0 Å². The SMILES string of the molecule is CC(C)c1ccccc1OCCCCn1c(CCCNC(=O)c2ccc(F)cc2)nc2ccccc21. The number of carbonyl (C=O) groups excluding carboxylic acids is 1. The average molecular weight is 488 g/mol. The zero-order valence-corrected chi connectivity index (χ0v) is 21.0. The van der Waals surface area contributed by atoms with Crippen molar-refractivity contribution in [1.82, 2.24) is 14.9 Å². The van der Waals surface area contributed by atoms with Gasteiger partial charge in [-0.2, -0.15) is 0 Å². The van der Waals surface area contributed by atoms with Crippen molar-refractivity contribution < 1.29 is 13.9 Å². The van der Waals surface area contributed by atoms with Crippen molar-refractivity contribution in [3.63, 3.8) is 0 Å². The lowest BCUT2D eigenvalue weighted by atomic mass is 10.0. The highest BCUT2D eigenvalue weighted by atomic mass is 19.1. The summed E-state index contributed by atoms with van der Waals surface area (Å²) in [4.78, 5) is 17.1. The number of fused-ring (bicyclic) bond motifs is 1. The van der Waals surface area contributed by atoms with E-state index in [1.165, 1.54) is 29.8 Å². The summed E-state index contributed by atoms with van der Waals surface area (Å²) in [5, 5.41) is 2.91. The van der Waals surface area contributed by atoms with Crippen molar-refractivity contribution in [3.05, 3.63) is 95.6 Å². The lowest BCUT2D eigenvalue weighted by Crippen LogP contribution is -2.25. The van der Waals surface area contributed by atoms with E-state index in [0.29, 0.717) is 24.6 Å². The molecular formula is C30H34FN3O2. The highest BCUT2D eigenvalue weighted by molar-refractivity contribution is 5.94. The van der Waals surface area contributed by atoms with Crippen LogP contribution in [0.2, 0.25) is 0 Å². The number of amides is 1. The summed E-state index contributed by atoms with van der Waals surface area (Å²) in [6.45, 7) is 6.45. The Labute approximate surface area is 212 Å². The number of hydrogen-bond acceptors (Lipinski definition) is 3. The molecular weight excluding hydrogens is 453 g/mol. The van der Waals surface area contributed by atoms with Crippen LogP contribution in [0.1, 0.15) is 60.8 Å². The number of aromatic nitrogens is 2. The van der Waals surface area contributed by atoms with Gasteiger partial charge in [0.1, 0.15) is 17.4 Å². The Morgan fingerprint density at radius 3 is 2.53 bits per heavy atom. The van der Waals surface area contributed by atoms with Crippen LogP contribution in [0.3, 0.4) is 0 Å². The normalized spacial score (nSPS) is 11.2. The number of nitrogens with zero attached hydrogens (tertiary/aromatic N) is 2. The second-order valence-electron chi connectivity index (χ2n) is 9.28. The Balaban J connectivity index is 1.30. The van der Waals surface area contributed by atoms with Gasteiger partial charge < -0.3 is 14.6 Å². The highest BCUT2D eigenvalue weighted by Gasteiger charge is 2.11. The molecule has 5 nitrogen and oxygen atoms in total. The number of ether oxygens (including phenoxy) is 1. The summed E-state index contributed by atoms with van der Waals surface area (Å²) in [6, 6.07) is 22.0. The van der Waals surface area contributed by atoms with Crippen LogP contribution in [0.15, 0.2) is 72.8 Å². The first kappa shape index (κ1) is 25.4. The lowest BCUT2D eigenvalue weighted by Gasteiger charge is -2.14. The number of hydrogen-bond donors (Lipinski definition) is 1. The van der Waals surface area contributed by atoms with Crippen molar-refractivity contribution >= 4 is 16.9 Å². The minimum absolute atomic E-state index is 0.192. The van der Waals surface area contributed by atoms with Crippen molar-refractivity contribution in [2.24, 2.45) is 0 Å². The highest BCUT2D eigenvalue weighted by Crippen LogP contribution is 2.26. The summed E-state index contributed by atoms with van der Waals surface area (Å²) < 4.78 is 21.5. The third kappa shape index (κ3) is 6.51. The van der Waals surface area contributed by atoms with Gasteiger partial charge in [0.15, 0.2) is 0 Å². The molecule has 0 fully saturated rings. The van der Waals surface area contributed by atoms with Crippen LogP contribution in [0, 0.1) is 5.82 Å². The van der Waals surface area contributed by atoms with E-state index in [1.54, 1.807) is 0 Å². The monoisotopic (exact) mass is 487 g/mol. The molecule has 0 spiro atoms. The molecule has 0 bridgehead atoms. The standard InChI is InChI=1S/C30H34FN3O2/c1-22(2)25-10-3-6-13-28(25)36-21-8-7-20-34-27-12-5-4-11-26(27)33-29(34)14-9-19-32-30(35)23-15-17-24(31)18-16-23/h3-6,10-13,15-18,22H,7-9,14,19-21H2,1-2H3,(H,32,35). The molecule has 1 N–H and O–H groups in total. The third-order valence-corrected chi connectivity index (χ3v) is 6.28. The number of unbranched alkanes of at least 4 members (excludes halogenated alkanes) is 1. The van der Waals surface area contributed by atoms with Crippen LogP contribution in [0.25, 0.3) is 11.0 Å². The molecule has 0 saturated carbocycles. The van der Waals surface area contributed by atoms with Crippen LogP contribution in [-0.2, 0) is 13.0 Å². The Morgan fingerprint density at radius 1 is 0.972 bits per heavy atom. The molecule has 6 heteroatoms. The van der Waals surface area contributed by atoms with Gasteiger partial charge in [0, 0.05) is 25.1 Å². The van der Waals surface area contributed by atoms with E-state index in [0.717, 1.165) is 54.8 Å². The molecule has 0 unspecified atom stereocenters. The van der Waals surface area contributed by atoms with Gasteiger partial charge in [0.2, 0.25) is 0 Å². The number of aryl methyl sites for hydroxylation is 2. The minimum Gasteiger partial charge on any atom is -0.493 e. The summed E-state index contributed by atoms with van der Waals surface area (Å²) in [5.74, 6) is 1.89. The number of rotatable bonds is 12. The molecule has 0 saturated heterocycles. The van der Waals surface area contributed by atoms with E-state index in [2.05, 4.69) is 41.9 Å². The number of carbonyl (C=O) groups is 1. The maximum Gasteiger partial charge on any atom is 0.251 e. The molecule has 36 heavy (non-hydrogen) atoms. The molecule has 0 radical (unpaired) electrons. The molecule has 0 aliphatic carbocycles. The molecule has 0 atom stereocenters. The van der Waals surface area contributed by atoms with E-state index >= 15 is 0 Å². The molecule has 1 heterocycles. The summed E-state index contributed by atoms with van der Waals surface area (Å²) in [5.41, 5.74) is 3.83. The largest absolute Gasteiger partial charge is 0.493 e. The molecule has 1 amide bonds. The Hall–Kier alpha value is -3.67. The van der Waals surface area contributed by atoms with E-state index in [-0.39, 0.29) is 11.7 Å². The number of benzene rings is 3.